The lowest BCUT2D eigenvalue weighted by Gasteiger charge is -2.34. The van der Waals surface area contributed by atoms with Crippen LogP contribution in [0.3, 0.4) is 0 Å². The van der Waals surface area contributed by atoms with Gasteiger partial charge in [-0.2, -0.15) is 0 Å². The number of alkyl halides is 1. The Morgan fingerprint density at radius 1 is 1.44 bits per heavy atom. The number of hydrogen-bond acceptors (Lipinski definition) is 3. The molecule has 0 saturated carbocycles. The Balaban J connectivity index is 2.34. The zero-order valence-electron chi connectivity index (χ0n) is 9.80. The number of nitrogens with one attached hydrogen (secondary N) is 1. The van der Waals surface area contributed by atoms with Crippen LogP contribution < -0.4 is 5.32 Å². The molecule has 0 bridgehead atoms. The lowest BCUT2D eigenvalue weighted by molar-refractivity contribution is 0.145. The number of phenols is 1. The third kappa shape index (κ3) is 2.79. The van der Waals surface area contributed by atoms with Gasteiger partial charge in [0, 0.05) is 36.8 Å². The standard InChI is InChI=1S/C12H15BrClFN2O/c13-8-1-2-9(14)11(12(8)18)10(7-15)17-5-3-16-4-6-17/h1-2,10,16,18H,3-7H2/t10-/m0/s1. The summed E-state index contributed by atoms with van der Waals surface area (Å²) >= 11 is 9.34. The number of rotatable bonds is 3. The van der Waals surface area contributed by atoms with E-state index in [0.29, 0.717) is 15.1 Å². The molecule has 0 amide bonds. The molecule has 3 nitrogen and oxygen atoms in total. The predicted molar refractivity (Wildman–Crippen MR) is 74.0 cm³/mol. The SMILES string of the molecule is Oc1c(Br)ccc(Cl)c1[C@H](CF)N1CCNCC1. The minimum atomic E-state index is -0.566. The number of benzene rings is 1. The summed E-state index contributed by atoms with van der Waals surface area (Å²) in [6, 6.07) is 2.84. The van der Waals surface area contributed by atoms with E-state index in [0.717, 1.165) is 26.2 Å². The average Bonchev–Trinajstić information content (AvgIpc) is 2.40. The van der Waals surface area contributed by atoms with Crippen LogP contribution in [0.15, 0.2) is 16.6 Å². The molecule has 2 N–H and O–H groups in total. The number of phenolic OH excluding ortho intramolecular Hbond substituents is 1. The molecule has 0 unspecified atom stereocenters. The second-order valence-corrected chi connectivity index (χ2v) is 5.51. The van der Waals surface area contributed by atoms with Gasteiger partial charge in [0.05, 0.1) is 10.5 Å². The Morgan fingerprint density at radius 3 is 2.72 bits per heavy atom. The molecule has 1 aliphatic heterocycles. The molecule has 6 heteroatoms. The number of halogens is 3. The third-order valence-corrected chi connectivity index (χ3v) is 4.16. The Hall–Kier alpha value is -0.360. The predicted octanol–water partition coefficient (Wildman–Crippen LogP) is 2.72. The molecule has 100 valence electrons. The molecule has 0 aromatic heterocycles. The van der Waals surface area contributed by atoms with Crippen molar-refractivity contribution in [3.63, 3.8) is 0 Å². The van der Waals surface area contributed by atoms with Gasteiger partial charge in [-0.25, -0.2) is 4.39 Å². The minimum absolute atomic E-state index is 0.0312. The first-order valence-corrected chi connectivity index (χ1v) is 7.00. The highest BCUT2D eigenvalue weighted by Gasteiger charge is 2.27. The summed E-state index contributed by atoms with van der Waals surface area (Å²) < 4.78 is 13.9. The van der Waals surface area contributed by atoms with Crippen LogP contribution in [-0.2, 0) is 0 Å². The zero-order valence-corrected chi connectivity index (χ0v) is 12.1. The first kappa shape index (κ1) is 14.1. The fourth-order valence-corrected chi connectivity index (χ4v) is 2.85. The lowest BCUT2D eigenvalue weighted by atomic mass is 10.0. The number of piperazine rings is 1. The highest BCUT2D eigenvalue weighted by atomic mass is 79.9. The summed E-state index contributed by atoms with van der Waals surface area (Å²) in [4.78, 5) is 2.00. The fourth-order valence-electron chi connectivity index (χ4n) is 2.22. The first-order chi connectivity index (χ1) is 8.65. The molecule has 0 spiro atoms. The second kappa shape index (κ2) is 6.19. The summed E-state index contributed by atoms with van der Waals surface area (Å²) in [5, 5.41) is 13.7. The molecule has 18 heavy (non-hydrogen) atoms. The van der Waals surface area contributed by atoms with E-state index in [9.17, 15) is 9.50 Å². The van der Waals surface area contributed by atoms with Crippen LogP contribution >= 0.6 is 27.5 Å². The van der Waals surface area contributed by atoms with Gasteiger partial charge in [-0.05, 0) is 28.1 Å². The van der Waals surface area contributed by atoms with Crippen LogP contribution in [0.25, 0.3) is 0 Å². The van der Waals surface area contributed by atoms with Crippen LogP contribution in [0.5, 0.6) is 5.75 Å². The van der Waals surface area contributed by atoms with Crippen LogP contribution in [0.4, 0.5) is 4.39 Å². The van der Waals surface area contributed by atoms with Gasteiger partial charge in [0.15, 0.2) is 0 Å². The Kier molecular flexibility index (Phi) is 4.84. The molecular weight excluding hydrogens is 323 g/mol. The van der Waals surface area contributed by atoms with Gasteiger partial charge in [-0.3, -0.25) is 4.90 Å². The van der Waals surface area contributed by atoms with Gasteiger partial charge < -0.3 is 10.4 Å². The van der Waals surface area contributed by atoms with Crippen molar-refractivity contribution in [2.24, 2.45) is 0 Å². The third-order valence-electron chi connectivity index (χ3n) is 3.19. The van der Waals surface area contributed by atoms with Crippen molar-refractivity contribution in [3.05, 3.63) is 27.2 Å². The summed E-state index contributed by atoms with van der Waals surface area (Å²) in [6.45, 7) is 2.57. The molecule has 1 atom stereocenters. The molecule has 0 radical (unpaired) electrons. The van der Waals surface area contributed by atoms with Crippen molar-refractivity contribution < 1.29 is 9.50 Å². The van der Waals surface area contributed by atoms with Gasteiger partial charge >= 0.3 is 0 Å². The maximum absolute atomic E-state index is 13.4. The maximum atomic E-state index is 13.4. The summed E-state index contributed by atoms with van der Waals surface area (Å²) in [6.07, 6.45) is 0. The van der Waals surface area contributed by atoms with Crippen molar-refractivity contribution in [1.82, 2.24) is 10.2 Å². The number of hydrogen-bond donors (Lipinski definition) is 2. The molecule has 1 aromatic carbocycles. The van der Waals surface area contributed by atoms with Crippen molar-refractivity contribution in [3.8, 4) is 5.75 Å². The van der Waals surface area contributed by atoms with Gasteiger partial charge in [-0.15, -0.1) is 0 Å². The van der Waals surface area contributed by atoms with Crippen LogP contribution in [0, 0.1) is 0 Å². The van der Waals surface area contributed by atoms with E-state index in [4.69, 9.17) is 11.6 Å². The van der Waals surface area contributed by atoms with E-state index in [1.807, 2.05) is 4.90 Å². The van der Waals surface area contributed by atoms with E-state index in [2.05, 4.69) is 21.2 Å². The van der Waals surface area contributed by atoms with Crippen molar-refractivity contribution in [2.45, 2.75) is 6.04 Å². The van der Waals surface area contributed by atoms with Crippen molar-refractivity contribution >= 4 is 27.5 Å². The maximum Gasteiger partial charge on any atom is 0.136 e. The summed E-state index contributed by atoms with van der Waals surface area (Å²) in [5.41, 5.74) is 0.468. The lowest BCUT2D eigenvalue weighted by Crippen LogP contribution is -2.45. The average molecular weight is 338 g/mol. The van der Waals surface area contributed by atoms with Gasteiger partial charge in [0.25, 0.3) is 0 Å². The molecule has 2 rings (SSSR count). The summed E-state index contributed by atoms with van der Waals surface area (Å²) in [5.74, 6) is 0.0312. The van der Waals surface area contributed by atoms with E-state index in [1.54, 1.807) is 12.1 Å². The first-order valence-electron chi connectivity index (χ1n) is 5.82. The van der Waals surface area contributed by atoms with E-state index >= 15 is 0 Å². The Labute approximate surface area is 119 Å². The zero-order chi connectivity index (χ0) is 13.1. The topological polar surface area (TPSA) is 35.5 Å². The minimum Gasteiger partial charge on any atom is -0.506 e. The molecule has 1 aliphatic rings. The molecule has 1 fully saturated rings. The largest absolute Gasteiger partial charge is 0.506 e. The van der Waals surface area contributed by atoms with Gasteiger partial charge in [0.2, 0.25) is 0 Å². The Morgan fingerprint density at radius 2 is 2.11 bits per heavy atom. The number of aromatic hydroxyl groups is 1. The summed E-state index contributed by atoms with van der Waals surface area (Å²) in [7, 11) is 0. The normalized spacial score (nSPS) is 18.8. The highest BCUT2D eigenvalue weighted by molar-refractivity contribution is 9.10. The smallest absolute Gasteiger partial charge is 0.136 e. The van der Waals surface area contributed by atoms with Crippen molar-refractivity contribution in [1.29, 1.82) is 0 Å². The van der Waals surface area contributed by atoms with Crippen LogP contribution in [-0.4, -0.2) is 42.9 Å². The van der Waals surface area contributed by atoms with Crippen molar-refractivity contribution in [2.75, 3.05) is 32.9 Å². The van der Waals surface area contributed by atoms with E-state index in [1.165, 1.54) is 0 Å². The Bertz CT molecular complexity index is 427. The van der Waals surface area contributed by atoms with Crippen LogP contribution in [0.2, 0.25) is 5.02 Å². The molecule has 1 heterocycles. The quantitative estimate of drug-likeness (QED) is 0.890. The molecular formula is C12H15BrClFN2O. The fraction of sp³-hybridized carbons (Fsp3) is 0.500. The molecule has 0 aliphatic carbocycles. The van der Waals surface area contributed by atoms with Gasteiger partial charge in [0.1, 0.15) is 12.4 Å². The van der Waals surface area contributed by atoms with Crippen LogP contribution in [0.1, 0.15) is 11.6 Å². The second-order valence-electron chi connectivity index (χ2n) is 4.25. The van der Waals surface area contributed by atoms with E-state index in [-0.39, 0.29) is 5.75 Å². The molecule has 1 saturated heterocycles. The number of nitrogens with zero attached hydrogens (tertiary/aromatic N) is 1. The monoisotopic (exact) mass is 336 g/mol. The highest BCUT2D eigenvalue weighted by Crippen LogP contribution is 2.39. The van der Waals surface area contributed by atoms with Gasteiger partial charge in [-0.1, -0.05) is 11.6 Å². The van der Waals surface area contributed by atoms with E-state index < -0.39 is 12.7 Å². The molecule has 1 aromatic rings.